The third-order valence-electron chi connectivity index (χ3n) is 2.46. The molecule has 0 saturated heterocycles. The van der Waals surface area contributed by atoms with Gasteiger partial charge in [0.25, 0.3) is 0 Å². The van der Waals surface area contributed by atoms with E-state index in [1.807, 2.05) is 24.6 Å². The Bertz CT molecular complexity index is 566. The van der Waals surface area contributed by atoms with Crippen LogP contribution in [0.5, 0.6) is 0 Å². The topological polar surface area (TPSA) is 30.7 Å². The van der Waals surface area contributed by atoms with E-state index in [2.05, 4.69) is 41.9 Å². The van der Waals surface area contributed by atoms with Gasteiger partial charge < -0.3 is 0 Å². The van der Waals surface area contributed by atoms with Crippen LogP contribution in [0.1, 0.15) is 17.0 Å². The van der Waals surface area contributed by atoms with E-state index in [0.29, 0.717) is 5.88 Å². The Morgan fingerprint density at radius 3 is 2.59 bits per heavy atom. The van der Waals surface area contributed by atoms with Gasteiger partial charge in [0, 0.05) is 16.2 Å². The summed E-state index contributed by atoms with van der Waals surface area (Å²) >= 11 is 12.8. The average molecular weight is 379 g/mol. The average Bonchev–Trinajstić information content (AvgIpc) is 2.57. The van der Waals surface area contributed by atoms with Crippen molar-refractivity contribution in [3.05, 3.63) is 38.2 Å². The van der Waals surface area contributed by atoms with Crippen molar-refractivity contribution >= 4 is 43.5 Å². The van der Waals surface area contributed by atoms with Gasteiger partial charge in [-0.25, -0.2) is 9.67 Å². The maximum atomic E-state index is 5.94. The summed E-state index contributed by atoms with van der Waals surface area (Å²) < 4.78 is 3.73. The van der Waals surface area contributed by atoms with Gasteiger partial charge in [0.2, 0.25) is 0 Å². The molecule has 3 nitrogen and oxygen atoms in total. The van der Waals surface area contributed by atoms with Crippen molar-refractivity contribution in [3.8, 4) is 5.82 Å². The lowest BCUT2D eigenvalue weighted by molar-refractivity contribution is 0.796. The van der Waals surface area contributed by atoms with Crippen molar-refractivity contribution in [1.29, 1.82) is 0 Å². The molecule has 90 valence electrons. The first kappa shape index (κ1) is 13.1. The van der Waals surface area contributed by atoms with Crippen molar-refractivity contribution in [2.24, 2.45) is 0 Å². The molecule has 0 amide bonds. The second-order valence-electron chi connectivity index (χ2n) is 3.67. The Morgan fingerprint density at radius 1 is 1.35 bits per heavy atom. The van der Waals surface area contributed by atoms with Crippen LogP contribution in [-0.2, 0) is 5.88 Å². The fourth-order valence-electron chi connectivity index (χ4n) is 1.59. The zero-order valence-corrected chi connectivity index (χ0v) is 13.3. The number of aryl methyl sites for hydroxylation is 1. The molecule has 6 heteroatoms. The molecule has 0 aromatic carbocycles. The van der Waals surface area contributed by atoms with Gasteiger partial charge in [-0.1, -0.05) is 0 Å². The lowest BCUT2D eigenvalue weighted by atomic mass is 10.3. The molecule has 0 N–H and O–H groups in total. The molecule has 2 aromatic heterocycles. The van der Waals surface area contributed by atoms with Gasteiger partial charge in [0.15, 0.2) is 5.82 Å². The van der Waals surface area contributed by atoms with Crippen molar-refractivity contribution in [1.82, 2.24) is 14.8 Å². The summed E-state index contributed by atoms with van der Waals surface area (Å²) in [5.74, 6) is 1.17. The van der Waals surface area contributed by atoms with Crippen LogP contribution in [0.3, 0.4) is 0 Å². The highest BCUT2D eigenvalue weighted by Crippen LogP contribution is 2.25. The number of nitrogens with zero attached hydrogens (tertiary/aromatic N) is 3. The summed E-state index contributed by atoms with van der Waals surface area (Å²) in [5, 5.41) is 4.45. The van der Waals surface area contributed by atoms with E-state index in [9.17, 15) is 0 Å². The van der Waals surface area contributed by atoms with Crippen molar-refractivity contribution in [3.63, 3.8) is 0 Å². The van der Waals surface area contributed by atoms with Crippen LogP contribution in [0.15, 0.2) is 21.2 Å². The maximum Gasteiger partial charge on any atom is 0.158 e. The third-order valence-corrected chi connectivity index (χ3v) is 4.33. The van der Waals surface area contributed by atoms with Crippen LogP contribution >= 0.6 is 43.5 Å². The number of hydrogen-bond acceptors (Lipinski definition) is 2. The van der Waals surface area contributed by atoms with E-state index >= 15 is 0 Å². The summed E-state index contributed by atoms with van der Waals surface area (Å²) in [6.45, 7) is 3.94. The fourth-order valence-corrected chi connectivity index (χ4v) is 2.42. The third kappa shape index (κ3) is 2.41. The maximum absolute atomic E-state index is 5.94. The molecular weight excluding hydrogens is 369 g/mol. The van der Waals surface area contributed by atoms with Crippen LogP contribution in [0.4, 0.5) is 0 Å². The molecule has 0 bridgehead atoms. The van der Waals surface area contributed by atoms with Gasteiger partial charge in [0.05, 0.1) is 21.7 Å². The molecule has 0 aliphatic carbocycles. The van der Waals surface area contributed by atoms with E-state index in [1.165, 1.54) is 0 Å². The summed E-state index contributed by atoms with van der Waals surface area (Å²) in [4.78, 5) is 4.38. The normalized spacial score (nSPS) is 10.9. The van der Waals surface area contributed by atoms with Crippen molar-refractivity contribution in [2.45, 2.75) is 19.7 Å². The minimum atomic E-state index is 0.401. The van der Waals surface area contributed by atoms with Crippen LogP contribution in [0.2, 0.25) is 0 Å². The molecule has 0 unspecified atom stereocenters. The van der Waals surface area contributed by atoms with E-state index in [1.54, 1.807) is 6.20 Å². The number of rotatable bonds is 2. The highest BCUT2D eigenvalue weighted by atomic mass is 79.9. The first-order valence-electron chi connectivity index (χ1n) is 4.97. The first-order chi connectivity index (χ1) is 8.04. The van der Waals surface area contributed by atoms with E-state index in [0.717, 1.165) is 31.7 Å². The monoisotopic (exact) mass is 377 g/mol. The highest BCUT2D eigenvalue weighted by molar-refractivity contribution is 9.10. The highest BCUT2D eigenvalue weighted by Gasteiger charge is 2.14. The number of halogens is 3. The summed E-state index contributed by atoms with van der Waals surface area (Å²) in [6.07, 6.45) is 1.75. The Morgan fingerprint density at radius 2 is 2.06 bits per heavy atom. The zero-order chi connectivity index (χ0) is 12.6. The van der Waals surface area contributed by atoms with Gasteiger partial charge >= 0.3 is 0 Å². The summed E-state index contributed by atoms with van der Waals surface area (Å²) in [5.41, 5.74) is 2.90. The Balaban J connectivity index is 2.64. The number of hydrogen-bond donors (Lipinski definition) is 0. The molecule has 0 fully saturated rings. The zero-order valence-electron chi connectivity index (χ0n) is 9.34. The molecule has 2 heterocycles. The predicted octanol–water partition coefficient (Wildman–Crippen LogP) is 4.15. The number of aromatic nitrogens is 3. The summed E-state index contributed by atoms with van der Waals surface area (Å²) in [7, 11) is 0. The van der Waals surface area contributed by atoms with E-state index in [-0.39, 0.29) is 0 Å². The van der Waals surface area contributed by atoms with E-state index < -0.39 is 0 Å². The first-order valence-corrected chi connectivity index (χ1v) is 7.09. The van der Waals surface area contributed by atoms with Crippen LogP contribution in [-0.4, -0.2) is 14.8 Å². The molecule has 0 saturated carbocycles. The second kappa shape index (κ2) is 5.08. The quantitative estimate of drug-likeness (QED) is 0.734. The smallest absolute Gasteiger partial charge is 0.158 e. The SMILES string of the molecule is Cc1nn(-c2ncc(Br)cc2CCl)c(C)c1Br. The molecular formula is C11H10Br2ClN3. The summed E-state index contributed by atoms with van der Waals surface area (Å²) in [6, 6.07) is 1.96. The lowest BCUT2D eigenvalue weighted by Crippen LogP contribution is -2.05. The van der Waals surface area contributed by atoms with Gasteiger partial charge in [-0.15, -0.1) is 11.6 Å². The van der Waals surface area contributed by atoms with Crippen molar-refractivity contribution < 1.29 is 0 Å². The Hall–Kier alpha value is -0.390. The predicted molar refractivity (Wildman–Crippen MR) is 75.8 cm³/mol. The standard InChI is InChI=1S/C11H10Br2ClN3/c1-6-10(13)7(2)17(16-6)11-8(4-14)3-9(12)5-15-11/h3,5H,4H2,1-2H3. The number of pyridine rings is 1. The van der Waals surface area contributed by atoms with Gasteiger partial charge in [0.1, 0.15) is 0 Å². The minimum Gasteiger partial charge on any atom is -0.236 e. The van der Waals surface area contributed by atoms with Gasteiger partial charge in [-0.3, -0.25) is 0 Å². The molecule has 2 rings (SSSR count). The molecule has 0 radical (unpaired) electrons. The Labute approximate surface area is 121 Å². The minimum absolute atomic E-state index is 0.401. The van der Waals surface area contributed by atoms with Gasteiger partial charge in [-0.05, 0) is 51.8 Å². The van der Waals surface area contributed by atoms with Crippen LogP contribution in [0, 0.1) is 13.8 Å². The molecule has 0 spiro atoms. The van der Waals surface area contributed by atoms with Crippen LogP contribution in [0.25, 0.3) is 5.82 Å². The van der Waals surface area contributed by atoms with E-state index in [4.69, 9.17) is 11.6 Å². The largest absolute Gasteiger partial charge is 0.236 e. The molecule has 2 aromatic rings. The number of alkyl halides is 1. The lowest BCUT2D eigenvalue weighted by Gasteiger charge is -2.08. The second-order valence-corrected chi connectivity index (χ2v) is 5.64. The van der Waals surface area contributed by atoms with Crippen LogP contribution < -0.4 is 0 Å². The molecule has 0 aliphatic heterocycles. The van der Waals surface area contributed by atoms with Gasteiger partial charge in [-0.2, -0.15) is 5.10 Å². The Kier molecular flexibility index (Phi) is 3.90. The van der Waals surface area contributed by atoms with Crippen molar-refractivity contribution in [2.75, 3.05) is 0 Å². The molecule has 17 heavy (non-hydrogen) atoms. The molecule has 0 aliphatic rings. The molecule has 0 atom stereocenters. The fraction of sp³-hybridized carbons (Fsp3) is 0.273.